The Morgan fingerprint density at radius 1 is 1.19 bits per heavy atom. The lowest BCUT2D eigenvalue weighted by molar-refractivity contribution is -0.153. The third-order valence-electron chi connectivity index (χ3n) is 5.28. The van der Waals surface area contributed by atoms with E-state index in [2.05, 4.69) is 16.0 Å². The number of nitrogens with one attached hydrogen (secondary N) is 3. The van der Waals surface area contributed by atoms with E-state index in [0.29, 0.717) is 12.1 Å². The predicted octanol–water partition coefficient (Wildman–Crippen LogP) is -1.55. The molecule has 166 valence electrons. The molecule has 3 unspecified atom stereocenters. The van der Waals surface area contributed by atoms with Crippen LogP contribution in [0.3, 0.4) is 0 Å². The van der Waals surface area contributed by atoms with Gasteiger partial charge in [-0.25, -0.2) is 4.79 Å². The van der Waals surface area contributed by atoms with Crippen molar-refractivity contribution in [1.82, 2.24) is 25.8 Å². The lowest BCUT2D eigenvalue weighted by Crippen LogP contribution is -2.77. The molecule has 3 N–H and O–H groups in total. The van der Waals surface area contributed by atoms with Crippen LogP contribution in [0.5, 0.6) is 0 Å². The second-order valence-corrected chi connectivity index (χ2v) is 8.69. The van der Waals surface area contributed by atoms with Crippen LogP contribution in [0, 0.1) is 0 Å². The molecule has 31 heavy (non-hydrogen) atoms. The number of urea groups is 1. The van der Waals surface area contributed by atoms with Crippen molar-refractivity contribution in [2.24, 2.45) is 0 Å². The number of rotatable bonds is 6. The molecule has 3 atom stereocenters. The molecule has 2 saturated heterocycles. The van der Waals surface area contributed by atoms with Gasteiger partial charge in [0.05, 0.1) is 12.8 Å². The average Bonchev–Trinajstić information content (AvgIpc) is 2.76. The minimum absolute atomic E-state index is 0.0118. The highest BCUT2D eigenvalue weighted by Gasteiger charge is 2.57. The minimum Gasteiger partial charge on any atom is -0.614 e. The fourth-order valence-electron chi connectivity index (χ4n) is 3.31. The van der Waals surface area contributed by atoms with Gasteiger partial charge in [-0.05, 0) is 23.7 Å². The van der Waals surface area contributed by atoms with Crippen molar-refractivity contribution in [1.29, 1.82) is 0 Å². The largest absolute Gasteiger partial charge is 0.614 e. The van der Waals surface area contributed by atoms with Crippen molar-refractivity contribution >= 4 is 40.8 Å². The maximum Gasteiger partial charge on any atom is 0.325 e. The molecule has 2 aliphatic rings. The molecule has 0 aromatic heterocycles. The van der Waals surface area contributed by atoms with Crippen LogP contribution in [0.1, 0.15) is 18.5 Å². The second kappa shape index (κ2) is 8.94. The zero-order valence-electron chi connectivity index (χ0n) is 17.0. The van der Waals surface area contributed by atoms with Crippen molar-refractivity contribution in [3.8, 4) is 0 Å². The smallest absolute Gasteiger partial charge is 0.325 e. The number of likely N-dealkylation sites (N-methyl/N-ethyl adjacent to an activating group) is 1. The number of benzene rings is 1. The standard InChI is InChI=1S/C19H23N5O6S/c1-3-23-9-10-24(16(27)15(23)26)18(29)21-13(12-7-5-4-6-8-12)14(25)22-19(31(2)30)11-20-17(19)28/h4-8,13H,3,9-11H2,1-2H3,(H,20,28)(H,21,29)(H,22,25). The topological polar surface area (TPSA) is 151 Å². The van der Waals surface area contributed by atoms with Crippen LogP contribution >= 0.6 is 0 Å². The van der Waals surface area contributed by atoms with Gasteiger partial charge in [-0.3, -0.25) is 29.4 Å². The van der Waals surface area contributed by atoms with Crippen molar-refractivity contribution in [3.05, 3.63) is 35.9 Å². The van der Waals surface area contributed by atoms with E-state index in [9.17, 15) is 28.5 Å². The van der Waals surface area contributed by atoms with E-state index < -0.39 is 51.7 Å². The van der Waals surface area contributed by atoms with Crippen LogP contribution in [0.15, 0.2) is 30.3 Å². The fourth-order valence-corrected chi connectivity index (χ4v) is 4.17. The van der Waals surface area contributed by atoms with Gasteiger partial charge in [0.2, 0.25) is 0 Å². The van der Waals surface area contributed by atoms with E-state index in [1.54, 1.807) is 37.3 Å². The first kappa shape index (κ1) is 22.6. The Bertz CT molecular complexity index is 910. The molecule has 6 amide bonds. The second-order valence-electron chi connectivity index (χ2n) is 7.09. The molecule has 0 aliphatic carbocycles. The van der Waals surface area contributed by atoms with Gasteiger partial charge in [0.25, 0.3) is 16.7 Å². The van der Waals surface area contributed by atoms with E-state index in [1.807, 2.05) is 0 Å². The summed E-state index contributed by atoms with van der Waals surface area (Å²) in [7, 11) is 0. The van der Waals surface area contributed by atoms with Gasteiger partial charge in [-0.2, -0.15) is 0 Å². The van der Waals surface area contributed by atoms with Gasteiger partial charge < -0.3 is 20.1 Å². The number of imide groups is 1. The zero-order chi connectivity index (χ0) is 22.8. The molecule has 1 aromatic rings. The summed E-state index contributed by atoms with van der Waals surface area (Å²) in [6.07, 6.45) is 1.30. The van der Waals surface area contributed by atoms with Gasteiger partial charge in [0.15, 0.2) is 0 Å². The van der Waals surface area contributed by atoms with Crippen LogP contribution in [0.2, 0.25) is 0 Å². The molecule has 0 bridgehead atoms. The molecule has 12 heteroatoms. The van der Waals surface area contributed by atoms with E-state index in [4.69, 9.17) is 0 Å². The summed E-state index contributed by atoms with van der Waals surface area (Å²) < 4.78 is 12.1. The van der Waals surface area contributed by atoms with Gasteiger partial charge in [-0.15, -0.1) is 0 Å². The number of nitrogens with zero attached hydrogens (tertiary/aromatic N) is 2. The zero-order valence-corrected chi connectivity index (χ0v) is 17.9. The first-order valence-electron chi connectivity index (χ1n) is 9.61. The summed E-state index contributed by atoms with van der Waals surface area (Å²) in [4.78, 5) is 62.7. The Kier molecular flexibility index (Phi) is 6.51. The molecule has 2 heterocycles. The number of amides is 6. The Balaban J connectivity index is 1.81. The van der Waals surface area contributed by atoms with Crippen LogP contribution in [-0.2, 0) is 30.4 Å². The van der Waals surface area contributed by atoms with Crippen LogP contribution < -0.4 is 16.0 Å². The molecule has 11 nitrogen and oxygen atoms in total. The summed E-state index contributed by atoms with van der Waals surface area (Å²) in [5.41, 5.74) is 0.385. The van der Waals surface area contributed by atoms with Crippen molar-refractivity contribution in [3.63, 3.8) is 0 Å². The average molecular weight is 449 g/mol. The number of β-lactam (4-membered cyclic amide) rings is 1. The van der Waals surface area contributed by atoms with E-state index in [0.717, 1.165) is 4.90 Å². The van der Waals surface area contributed by atoms with Crippen LogP contribution in [-0.4, -0.2) is 81.3 Å². The monoisotopic (exact) mass is 449 g/mol. The number of piperazine rings is 1. The van der Waals surface area contributed by atoms with Crippen LogP contribution in [0.25, 0.3) is 0 Å². The number of hydrogen-bond acceptors (Lipinski definition) is 6. The third kappa shape index (κ3) is 4.21. The Morgan fingerprint density at radius 3 is 2.39 bits per heavy atom. The van der Waals surface area contributed by atoms with Crippen LogP contribution in [0.4, 0.5) is 4.79 Å². The summed E-state index contributed by atoms with van der Waals surface area (Å²) in [6, 6.07) is 6.00. The lowest BCUT2D eigenvalue weighted by Gasteiger charge is -2.40. The summed E-state index contributed by atoms with van der Waals surface area (Å²) in [5, 5.41) is 7.39. The normalized spacial score (nSPS) is 22.9. The molecule has 1 aromatic carbocycles. The first-order chi connectivity index (χ1) is 14.7. The Labute approximate surface area is 181 Å². The number of carbonyl (C=O) groups excluding carboxylic acids is 5. The highest BCUT2D eigenvalue weighted by molar-refractivity contribution is 7.93. The first-order valence-corrected chi connectivity index (χ1v) is 11.2. The Morgan fingerprint density at radius 2 is 1.87 bits per heavy atom. The van der Waals surface area contributed by atoms with Gasteiger partial charge in [0.1, 0.15) is 6.04 Å². The van der Waals surface area contributed by atoms with Crippen molar-refractivity contribution in [2.45, 2.75) is 17.8 Å². The molecule has 2 fully saturated rings. The highest BCUT2D eigenvalue weighted by Crippen LogP contribution is 2.23. The van der Waals surface area contributed by atoms with Crippen molar-refractivity contribution in [2.75, 3.05) is 32.4 Å². The SMILES string of the molecule is CCN1CCN(C(=O)NC(C(=O)NC2([S+](C)[O-])CNC2=O)c2ccccc2)C(=O)C1=O. The fraction of sp³-hybridized carbons (Fsp3) is 0.421. The molecule has 0 radical (unpaired) electrons. The molecular weight excluding hydrogens is 426 g/mol. The van der Waals surface area contributed by atoms with Gasteiger partial charge >= 0.3 is 17.8 Å². The molecular formula is C19H23N5O6S. The quantitative estimate of drug-likeness (QED) is 0.272. The molecule has 2 aliphatic heterocycles. The molecule has 0 saturated carbocycles. The lowest BCUT2D eigenvalue weighted by atomic mass is 10.0. The van der Waals surface area contributed by atoms with E-state index in [1.165, 1.54) is 11.2 Å². The third-order valence-corrected chi connectivity index (χ3v) is 6.69. The van der Waals surface area contributed by atoms with Gasteiger partial charge in [-0.1, -0.05) is 30.3 Å². The van der Waals surface area contributed by atoms with Crippen molar-refractivity contribution < 1.29 is 28.5 Å². The van der Waals surface area contributed by atoms with E-state index in [-0.39, 0.29) is 19.6 Å². The van der Waals surface area contributed by atoms with Gasteiger partial charge in [0, 0.05) is 19.6 Å². The maximum absolute atomic E-state index is 13.0. The maximum atomic E-state index is 13.0. The highest BCUT2D eigenvalue weighted by atomic mass is 32.2. The predicted molar refractivity (Wildman–Crippen MR) is 110 cm³/mol. The summed E-state index contributed by atoms with van der Waals surface area (Å²) >= 11 is -1.71. The summed E-state index contributed by atoms with van der Waals surface area (Å²) in [5.74, 6) is -3.13. The minimum atomic E-state index is -1.71. The Hall–Kier alpha value is -3.12. The molecule has 3 rings (SSSR count). The number of hydrogen-bond donors (Lipinski definition) is 3. The van der Waals surface area contributed by atoms with E-state index >= 15 is 0 Å². The summed E-state index contributed by atoms with van der Waals surface area (Å²) in [6.45, 7) is 2.23. The number of carbonyl (C=O) groups is 5. The molecule has 0 spiro atoms.